The van der Waals surface area contributed by atoms with Crippen LogP contribution in [0.1, 0.15) is 15.9 Å². The van der Waals surface area contributed by atoms with Crippen molar-refractivity contribution in [2.75, 3.05) is 0 Å². The van der Waals surface area contributed by atoms with Gasteiger partial charge in [0, 0.05) is 4.47 Å². The molecule has 1 N–H and O–H groups in total. The smallest absolute Gasteiger partial charge is 0.153 e. The SMILES string of the molecule is N#Cc1cc(C=O)c(O)cc1Br. The predicted molar refractivity (Wildman–Crippen MR) is 45.9 cm³/mol. The maximum Gasteiger partial charge on any atom is 0.153 e. The molecule has 0 atom stereocenters. The number of rotatable bonds is 1. The third kappa shape index (κ3) is 1.46. The van der Waals surface area contributed by atoms with E-state index in [2.05, 4.69) is 15.9 Å². The van der Waals surface area contributed by atoms with Gasteiger partial charge in [0.25, 0.3) is 0 Å². The maximum absolute atomic E-state index is 10.3. The van der Waals surface area contributed by atoms with Crippen LogP contribution in [-0.4, -0.2) is 11.4 Å². The summed E-state index contributed by atoms with van der Waals surface area (Å²) in [5.74, 6) is -0.129. The molecule has 0 heterocycles. The van der Waals surface area contributed by atoms with Crippen molar-refractivity contribution < 1.29 is 9.90 Å². The fourth-order valence-corrected chi connectivity index (χ4v) is 1.18. The molecule has 0 fully saturated rings. The van der Waals surface area contributed by atoms with E-state index in [1.807, 2.05) is 6.07 Å². The number of aldehydes is 1. The minimum atomic E-state index is -0.129. The molecule has 0 unspecified atom stereocenters. The summed E-state index contributed by atoms with van der Waals surface area (Å²) >= 11 is 3.07. The first kappa shape index (κ1) is 8.75. The molecule has 0 aliphatic heterocycles. The number of benzene rings is 1. The fourth-order valence-electron chi connectivity index (χ4n) is 0.760. The fraction of sp³-hybridized carbons (Fsp3) is 0. The molecule has 1 aromatic rings. The van der Waals surface area contributed by atoms with E-state index < -0.39 is 0 Å². The Bertz CT molecular complexity index is 368. The van der Waals surface area contributed by atoms with Gasteiger partial charge >= 0.3 is 0 Å². The second-order valence-corrected chi connectivity index (χ2v) is 2.97. The molecule has 0 saturated heterocycles. The quantitative estimate of drug-likeness (QED) is 0.743. The van der Waals surface area contributed by atoms with Crippen molar-refractivity contribution in [1.82, 2.24) is 0 Å². The standard InChI is InChI=1S/C8H4BrNO2/c9-7-2-8(12)6(4-11)1-5(7)3-10/h1-2,4,12H. The van der Waals surface area contributed by atoms with Crippen LogP contribution in [0, 0.1) is 11.3 Å². The van der Waals surface area contributed by atoms with Crippen LogP contribution < -0.4 is 0 Å². The normalized spacial score (nSPS) is 9.00. The summed E-state index contributed by atoms with van der Waals surface area (Å²) in [6.07, 6.45) is 0.503. The second-order valence-electron chi connectivity index (χ2n) is 2.12. The molecule has 4 heteroatoms. The zero-order chi connectivity index (χ0) is 9.14. The molecule has 12 heavy (non-hydrogen) atoms. The third-order valence-corrected chi connectivity index (χ3v) is 2.02. The average molecular weight is 226 g/mol. The zero-order valence-electron chi connectivity index (χ0n) is 5.91. The lowest BCUT2D eigenvalue weighted by molar-refractivity contribution is 0.112. The van der Waals surface area contributed by atoms with Gasteiger partial charge < -0.3 is 5.11 Å². The summed E-state index contributed by atoms with van der Waals surface area (Å²) in [5.41, 5.74) is 0.449. The highest BCUT2D eigenvalue weighted by molar-refractivity contribution is 9.10. The van der Waals surface area contributed by atoms with Crippen molar-refractivity contribution in [3.63, 3.8) is 0 Å². The van der Waals surface area contributed by atoms with Crippen LogP contribution in [0.15, 0.2) is 16.6 Å². The van der Waals surface area contributed by atoms with Crippen molar-refractivity contribution >= 4 is 22.2 Å². The van der Waals surface area contributed by atoms with Gasteiger partial charge in [0.15, 0.2) is 6.29 Å². The van der Waals surface area contributed by atoms with Gasteiger partial charge in [0.2, 0.25) is 0 Å². The van der Waals surface area contributed by atoms with Crippen LogP contribution in [-0.2, 0) is 0 Å². The van der Waals surface area contributed by atoms with Crippen molar-refractivity contribution in [3.8, 4) is 11.8 Å². The number of nitriles is 1. The Morgan fingerprint density at radius 2 is 2.25 bits per heavy atom. The topological polar surface area (TPSA) is 61.1 Å². The van der Waals surface area contributed by atoms with Crippen LogP contribution >= 0.6 is 15.9 Å². The highest BCUT2D eigenvalue weighted by atomic mass is 79.9. The number of carbonyl (C=O) groups excluding carboxylic acids is 1. The van der Waals surface area contributed by atoms with Gasteiger partial charge in [0.05, 0.1) is 11.1 Å². The number of halogens is 1. The van der Waals surface area contributed by atoms with Crippen molar-refractivity contribution in [3.05, 3.63) is 27.7 Å². The minimum absolute atomic E-state index is 0.120. The summed E-state index contributed by atoms with van der Waals surface area (Å²) in [4.78, 5) is 10.3. The summed E-state index contributed by atoms with van der Waals surface area (Å²) < 4.78 is 0.480. The van der Waals surface area contributed by atoms with Gasteiger partial charge in [-0.2, -0.15) is 5.26 Å². The van der Waals surface area contributed by atoms with Gasteiger partial charge in [-0.25, -0.2) is 0 Å². The van der Waals surface area contributed by atoms with Crippen LogP contribution in [0.5, 0.6) is 5.75 Å². The van der Waals surface area contributed by atoms with Gasteiger partial charge in [-0.3, -0.25) is 4.79 Å². The molecule has 0 spiro atoms. The first-order chi connectivity index (χ1) is 5.69. The average Bonchev–Trinajstić information content (AvgIpc) is 2.05. The van der Waals surface area contributed by atoms with Gasteiger partial charge in [-0.1, -0.05) is 0 Å². The predicted octanol–water partition coefficient (Wildman–Crippen LogP) is 1.84. The van der Waals surface area contributed by atoms with E-state index in [-0.39, 0.29) is 11.3 Å². The van der Waals surface area contributed by atoms with Crippen molar-refractivity contribution in [2.45, 2.75) is 0 Å². The lowest BCUT2D eigenvalue weighted by Crippen LogP contribution is -1.85. The number of phenols is 1. The number of phenolic OH excluding ortho intramolecular Hbond substituents is 1. The zero-order valence-corrected chi connectivity index (χ0v) is 7.50. The largest absolute Gasteiger partial charge is 0.507 e. The molecule has 1 aromatic carbocycles. The monoisotopic (exact) mass is 225 g/mol. The van der Waals surface area contributed by atoms with E-state index in [9.17, 15) is 4.79 Å². The van der Waals surface area contributed by atoms with E-state index in [4.69, 9.17) is 10.4 Å². The molecule has 3 nitrogen and oxygen atoms in total. The Labute approximate surface area is 77.4 Å². The summed E-state index contributed by atoms with van der Waals surface area (Å²) in [5, 5.41) is 17.7. The lowest BCUT2D eigenvalue weighted by atomic mass is 10.1. The second kappa shape index (κ2) is 3.37. The van der Waals surface area contributed by atoms with Gasteiger partial charge in [-0.05, 0) is 28.1 Å². The first-order valence-corrected chi connectivity index (χ1v) is 3.86. The van der Waals surface area contributed by atoms with E-state index in [1.54, 1.807) is 0 Å². The first-order valence-electron chi connectivity index (χ1n) is 3.07. The van der Waals surface area contributed by atoms with Gasteiger partial charge in [0.1, 0.15) is 11.8 Å². The highest BCUT2D eigenvalue weighted by Gasteiger charge is 2.05. The molecule has 0 radical (unpaired) electrons. The molecule has 0 amide bonds. The molecule has 0 aliphatic carbocycles. The summed E-state index contributed by atoms with van der Waals surface area (Å²) in [6, 6.07) is 4.53. The molecule has 0 aromatic heterocycles. The Morgan fingerprint density at radius 1 is 1.58 bits per heavy atom. The molecular formula is C8H4BrNO2. The van der Waals surface area contributed by atoms with Crippen molar-refractivity contribution in [2.24, 2.45) is 0 Å². The number of aromatic hydroxyl groups is 1. The van der Waals surface area contributed by atoms with E-state index in [0.717, 1.165) is 0 Å². The maximum atomic E-state index is 10.3. The van der Waals surface area contributed by atoms with Crippen LogP contribution in [0.2, 0.25) is 0 Å². The van der Waals surface area contributed by atoms with Crippen LogP contribution in [0.25, 0.3) is 0 Å². The van der Waals surface area contributed by atoms with E-state index in [0.29, 0.717) is 16.3 Å². The molecule has 0 bridgehead atoms. The molecular weight excluding hydrogens is 222 g/mol. The molecule has 1 rings (SSSR count). The molecule has 60 valence electrons. The van der Waals surface area contributed by atoms with Crippen LogP contribution in [0.4, 0.5) is 0 Å². The van der Waals surface area contributed by atoms with E-state index in [1.165, 1.54) is 12.1 Å². The Balaban J connectivity index is 3.39. The van der Waals surface area contributed by atoms with Crippen molar-refractivity contribution in [1.29, 1.82) is 5.26 Å². The number of hydrogen-bond donors (Lipinski definition) is 1. The number of carbonyl (C=O) groups is 1. The summed E-state index contributed by atoms with van der Waals surface area (Å²) in [6.45, 7) is 0. The van der Waals surface area contributed by atoms with Gasteiger partial charge in [-0.15, -0.1) is 0 Å². The molecule has 0 saturated carbocycles. The number of hydrogen-bond acceptors (Lipinski definition) is 3. The Hall–Kier alpha value is -1.34. The third-order valence-electron chi connectivity index (χ3n) is 1.36. The minimum Gasteiger partial charge on any atom is -0.507 e. The van der Waals surface area contributed by atoms with Crippen LogP contribution in [0.3, 0.4) is 0 Å². The molecule has 0 aliphatic rings. The lowest BCUT2D eigenvalue weighted by Gasteiger charge is -1.99. The highest BCUT2D eigenvalue weighted by Crippen LogP contribution is 2.24. The van der Waals surface area contributed by atoms with E-state index >= 15 is 0 Å². The summed E-state index contributed by atoms with van der Waals surface area (Å²) in [7, 11) is 0. The Morgan fingerprint density at radius 3 is 2.75 bits per heavy atom. The number of nitrogens with zero attached hydrogens (tertiary/aromatic N) is 1. The Kier molecular flexibility index (Phi) is 2.46.